The Hall–Kier alpha value is -0.570. The molecule has 1 atom stereocenters. The van der Waals surface area contributed by atoms with Crippen molar-refractivity contribution < 1.29 is 4.79 Å². The molecule has 3 nitrogen and oxygen atoms in total. The highest BCUT2D eigenvalue weighted by Crippen LogP contribution is 2.09. The number of nitrogens with zero attached hydrogens (tertiary/aromatic N) is 1. The van der Waals surface area contributed by atoms with E-state index in [4.69, 9.17) is 0 Å². The van der Waals surface area contributed by atoms with Crippen molar-refractivity contribution >= 4 is 5.91 Å². The third-order valence-electron chi connectivity index (χ3n) is 2.84. The summed E-state index contributed by atoms with van der Waals surface area (Å²) in [5.74, 6) is 0.847. The van der Waals surface area contributed by atoms with Crippen molar-refractivity contribution in [3.05, 3.63) is 0 Å². The monoisotopic (exact) mass is 212 g/mol. The lowest BCUT2D eigenvalue weighted by molar-refractivity contribution is -0.131. The zero-order chi connectivity index (χ0) is 11.3. The van der Waals surface area contributed by atoms with E-state index in [9.17, 15) is 4.79 Å². The quantitative estimate of drug-likeness (QED) is 0.751. The highest BCUT2D eigenvalue weighted by molar-refractivity contribution is 5.75. The molecule has 0 saturated carbocycles. The topological polar surface area (TPSA) is 32.3 Å². The summed E-state index contributed by atoms with van der Waals surface area (Å²) in [6.07, 6.45) is 3.09. The lowest BCUT2D eigenvalue weighted by Gasteiger charge is -2.27. The molecule has 15 heavy (non-hydrogen) atoms. The molecule has 1 saturated heterocycles. The maximum absolute atomic E-state index is 11.7. The number of amides is 1. The van der Waals surface area contributed by atoms with Crippen molar-refractivity contribution in [1.29, 1.82) is 0 Å². The molecule has 1 heterocycles. The summed E-state index contributed by atoms with van der Waals surface area (Å²) < 4.78 is 0. The van der Waals surface area contributed by atoms with Crippen LogP contribution in [0.3, 0.4) is 0 Å². The van der Waals surface area contributed by atoms with E-state index < -0.39 is 0 Å². The minimum Gasteiger partial charge on any atom is -0.341 e. The summed E-state index contributed by atoms with van der Waals surface area (Å²) in [6, 6.07) is 0.527. The molecule has 0 aromatic heterocycles. The van der Waals surface area contributed by atoms with Crippen LogP contribution >= 0.6 is 0 Å². The van der Waals surface area contributed by atoms with Gasteiger partial charge in [0.1, 0.15) is 0 Å². The molecule has 1 rings (SSSR count). The fraction of sp³-hybridized carbons (Fsp3) is 0.917. The predicted octanol–water partition coefficient (Wildman–Crippen LogP) is 1.63. The third-order valence-corrected chi connectivity index (χ3v) is 2.84. The molecule has 1 N–H and O–H groups in total. The fourth-order valence-electron chi connectivity index (χ4n) is 2.12. The van der Waals surface area contributed by atoms with Gasteiger partial charge in [-0.3, -0.25) is 4.79 Å². The van der Waals surface area contributed by atoms with E-state index in [0.29, 0.717) is 18.4 Å². The number of rotatable bonds is 5. The number of nitrogens with one attached hydrogen (secondary N) is 1. The van der Waals surface area contributed by atoms with E-state index in [-0.39, 0.29) is 5.91 Å². The summed E-state index contributed by atoms with van der Waals surface area (Å²) >= 11 is 0. The zero-order valence-corrected chi connectivity index (χ0v) is 10.3. The summed E-state index contributed by atoms with van der Waals surface area (Å²) in [6.45, 7) is 9.17. The van der Waals surface area contributed by atoms with Crippen LogP contribution in [0.4, 0.5) is 0 Å². The molecule has 1 aliphatic heterocycles. The van der Waals surface area contributed by atoms with Gasteiger partial charge in [0.2, 0.25) is 5.91 Å². The lowest BCUT2D eigenvalue weighted by Crippen LogP contribution is -2.42. The Morgan fingerprint density at radius 1 is 1.53 bits per heavy atom. The van der Waals surface area contributed by atoms with Crippen LogP contribution in [-0.2, 0) is 4.79 Å². The van der Waals surface area contributed by atoms with Crippen LogP contribution in [0.1, 0.15) is 40.0 Å². The molecule has 0 aromatic carbocycles. The van der Waals surface area contributed by atoms with Crippen LogP contribution in [0.25, 0.3) is 0 Å². The second kappa shape index (κ2) is 6.11. The first-order valence-electron chi connectivity index (χ1n) is 6.14. The first-order valence-corrected chi connectivity index (χ1v) is 6.14. The normalized spacial score (nSPS) is 20.9. The van der Waals surface area contributed by atoms with Crippen molar-refractivity contribution in [3.63, 3.8) is 0 Å². The summed E-state index contributed by atoms with van der Waals surface area (Å²) in [5.41, 5.74) is 0. The second-order valence-corrected chi connectivity index (χ2v) is 4.84. The minimum atomic E-state index is 0.289. The van der Waals surface area contributed by atoms with Gasteiger partial charge in [-0.25, -0.2) is 0 Å². The fourth-order valence-corrected chi connectivity index (χ4v) is 2.12. The van der Waals surface area contributed by atoms with Gasteiger partial charge in [0.15, 0.2) is 0 Å². The molecule has 1 fully saturated rings. The van der Waals surface area contributed by atoms with E-state index >= 15 is 0 Å². The van der Waals surface area contributed by atoms with E-state index in [1.807, 2.05) is 11.8 Å². The second-order valence-electron chi connectivity index (χ2n) is 4.84. The highest BCUT2D eigenvalue weighted by Gasteiger charge is 2.20. The van der Waals surface area contributed by atoms with Crippen LogP contribution in [0, 0.1) is 5.92 Å². The van der Waals surface area contributed by atoms with Crippen molar-refractivity contribution in [2.45, 2.75) is 46.1 Å². The van der Waals surface area contributed by atoms with Gasteiger partial charge < -0.3 is 10.2 Å². The largest absolute Gasteiger partial charge is 0.341 e. The SMILES string of the molecule is CCC(=O)N(CC(C)C)CC1CCCN1. The van der Waals surface area contributed by atoms with Gasteiger partial charge >= 0.3 is 0 Å². The smallest absolute Gasteiger partial charge is 0.222 e. The molecule has 0 radical (unpaired) electrons. The maximum atomic E-state index is 11.7. The van der Waals surface area contributed by atoms with Crippen molar-refractivity contribution in [2.24, 2.45) is 5.92 Å². The molecule has 1 amide bonds. The molecule has 1 aliphatic rings. The molecule has 1 unspecified atom stereocenters. The molecule has 3 heteroatoms. The van der Waals surface area contributed by atoms with Crippen LogP contribution < -0.4 is 5.32 Å². The average Bonchev–Trinajstić information content (AvgIpc) is 2.67. The Kier molecular flexibility index (Phi) is 5.09. The summed E-state index contributed by atoms with van der Waals surface area (Å²) in [4.78, 5) is 13.8. The lowest BCUT2D eigenvalue weighted by atomic mass is 10.1. The van der Waals surface area contributed by atoms with Crippen LogP contribution in [0.2, 0.25) is 0 Å². The number of carbonyl (C=O) groups excluding carboxylic acids is 1. The van der Waals surface area contributed by atoms with Gasteiger partial charge in [-0.15, -0.1) is 0 Å². The van der Waals surface area contributed by atoms with E-state index in [2.05, 4.69) is 19.2 Å². The maximum Gasteiger partial charge on any atom is 0.222 e. The summed E-state index contributed by atoms with van der Waals surface area (Å²) in [7, 11) is 0. The molecule has 0 bridgehead atoms. The number of carbonyl (C=O) groups is 1. The van der Waals surface area contributed by atoms with Gasteiger partial charge in [-0.05, 0) is 25.3 Å². The summed E-state index contributed by atoms with van der Waals surface area (Å²) in [5, 5.41) is 3.45. The standard InChI is InChI=1S/C12H24N2O/c1-4-12(15)14(8-10(2)3)9-11-6-5-7-13-11/h10-11,13H,4-9H2,1-3H3. The molecule has 0 aliphatic carbocycles. The Bertz CT molecular complexity index is 198. The van der Waals surface area contributed by atoms with Gasteiger partial charge in [0, 0.05) is 25.6 Å². The van der Waals surface area contributed by atoms with Gasteiger partial charge in [0.25, 0.3) is 0 Å². The third kappa shape index (κ3) is 4.20. The highest BCUT2D eigenvalue weighted by atomic mass is 16.2. The molecule has 0 aromatic rings. The first kappa shape index (κ1) is 12.5. The van der Waals surface area contributed by atoms with Crippen LogP contribution in [0.5, 0.6) is 0 Å². The van der Waals surface area contributed by atoms with Gasteiger partial charge in [-0.1, -0.05) is 20.8 Å². The van der Waals surface area contributed by atoms with Crippen molar-refractivity contribution in [3.8, 4) is 0 Å². The number of hydrogen-bond acceptors (Lipinski definition) is 2. The Balaban J connectivity index is 2.43. The Morgan fingerprint density at radius 2 is 2.27 bits per heavy atom. The minimum absolute atomic E-state index is 0.289. The predicted molar refractivity (Wildman–Crippen MR) is 62.7 cm³/mol. The molecule has 88 valence electrons. The average molecular weight is 212 g/mol. The molecular weight excluding hydrogens is 188 g/mol. The van der Waals surface area contributed by atoms with E-state index in [1.54, 1.807) is 0 Å². The zero-order valence-electron chi connectivity index (χ0n) is 10.3. The van der Waals surface area contributed by atoms with Crippen LogP contribution in [-0.4, -0.2) is 36.5 Å². The van der Waals surface area contributed by atoms with Gasteiger partial charge in [0.05, 0.1) is 0 Å². The van der Waals surface area contributed by atoms with Gasteiger partial charge in [-0.2, -0.15) is 0 Å². The Morgan fingerprint density at radius 3 is 2.73 bits per heavy atom. The van der Waals surface area contributed by atoms with E-state index in [1.165, 1.54) is 12.8 Å². The van der Waals surface area contributed by atoms with Crippen LogP contribution in [0.15, 0.2) is 0 Å². The Labute approximate surface area is 93.2 Å². The molecule has 0 spiro atoms. The number of hydrogen-bond donors (Lipinski definition) is 1. The first-order chi connectivity index (χ1) is 7.13. The van der Waals surface area contributed by atoms with E-state index in [0.717, 1.165) is 19.6 Å². The molecular formula is C12H24N2O. The van der Waals surface area contributed by atoms with Crippen molar-refractivity contribution in [2.75, 3.05) is 19.6 Å². The van der Waals surface area contributed by atoms with Crippen molar-refractivity contribution in [1.82, 2.24) is 10.2 Å².